The Labute approximate surface area is 157 Å². The van der Waals surface area contributed by atoms with E-state index in [0.29, 0.717) is 6.04 Å². The topological polar surface area (TPSA) is 52.1 Å². The second-order valence-corrected chi connectivity index (χ2v) is 7.06. The first-order valence-corrected chi connectivity index (χ1v) is 9.94. The predicted octanol–water partition coefficient (Wildman–Crippen LogP) is 1.92. The maximum atomic E-state index is 5.24. The molecular formula is C20H33N5O. The number of anilines is 1. The van der Waals surface area contributed by atoms with Gasteiger partial charge in [-0.15, -0.1) is 0 Å². The molecule has 1 saturated carbocycles. The summed E-state index contributed by atoms with van der Waals surface area (Å²) >= 11 is 0. The van der Waals surface area contributed by atoms with Gasteiger partial charge >= 0.3 is 0 Å². The van der Waals surface area contributed by atoms with Crippen LogP contribution in [-0.4, -0.2) is 69.8 Å². The van der Waals surface area contributed by atoms with Crippen LogP contribution in [0.4, 0.5) is 5.69 Å². The summed E-state index contributed by atoms with van der Waals surface area (Å²) in [5.41, 5.74) is 1.29. The molecule has 2 fully saturated rings. The van der Waals surface area contributed by atoms with E-state index in [0.717, 1.165) is 63.9 Å². The van der Waals surface area contributed by atoms with Crippen LogP contribution in [0.1, 0.15) is 26.2 Å². The Morgan fingerprint density at radius 2 is 1.88 bits per heavy atom. The molecule has 6 heteroatoms. The van der Waals surface area contributed by atoms with Gasteiger partial charge in [-0.05, 0) is 50.5 Å². The highest BCUT2D eigenvalue weighted by Crippen LogP contribution is 2.20. The van der Waals surface area contributed by atoms with E-state index in [1.807, 2.05) is 12.1 Å². The first kappa shape index (κ1) is 18.8. The Bertz CT molecular complexity index is 562. The van der Waals surface area contributed by atoms with Crippen LogP contribution in [-0.2, 0) is 0 Å². The van der Waals surface area contributed by atoms with Crippen molar-refractivity contribution < 1.29 is 4.74 Å². The minimum absolute atomic E-state index is 0.652. The fourth-order valence-electron chi connectivity index (χ4n) is 3.25. The van der Waals surface area contributed by atoms with Gasteiger partial charge in [0.2, 0.25) is 0 Å². The number of aliphatic imine (C=N–C) groups is 1. The van der Waals surface area contributed by atoms with Crippen molar-refractivity contribution in [3.8, 4) is 5.75 Å². The third kappa shape index (κ3) is 5.80. The van der Waals surface area contributed by atoms with Gasteiger partial charge in [0.15, 0.2) is 5.96 Å². The zero-order valence-electron chi connectivity index (χ0n) is 16.2. The lowest BCUT2D eigenvalue weighted by Gasteiger charge is -2.36. The molecule has 0 radical (unpaired) electrons. The number of ether oxygens (including phenoxy) is 1. The van der Waals surface area contributed by atoms with Gasteiger partial charge in [-0.1, -0.05) is 0 Å². The average molecular weight is 360 g/mol. The van der Waals surface area contributed by atoms with Gasteiger partial charge in [0.05, 0.1) is 7.11 Å². The number of rotatable bonds is 8. The lowest BCUT2D eigenvalue weighted by Crippen LogP contribution is -2.46. The summed E-state index contributed by atoms with van der Waals surface area (Å²) in [5, 5.41) is 6.81. The number of guanidine groups is 1. The predicted molar refractivity (Wildman–Crippen MR) is 108 cm³/mol. The summed E-state index contributed by atoms with van der Waals surface area (Å²) in [4.78, 5) is 9.71. The van der Waals surface area contributed by atoms with Gasteiger partial charge in [0, 0.05) is 57.5 Å². The van der Waals surface area contributed by atoms with Crippen molar-refractivity contribution in [2.24, 2.45) is 4.99 Å². The molecule has 1 aromatic carbocycles. The first-order chi connectivity index (χ1) is 12.8. The second kappa shape index (κ2) is 9.67. The quantitative estimate of drug-likeness (QED) is 0.422. The molecule has 1 saturated heterocycles. The smallest absolute Gasteiger partial charge is 0.191 e. The van der Waals surface area contributed by atoms with Gasteiger partial charge in [0.25, 0.3) is 0 Å². The monoisotopic (exact) mass is 359 g/mol. The number of nitrogens with zero attached hydrogens (tertiary/aromatic N) is 3. The summed E-state index contributed by atoms with van der Waals surface area (Å²) < 4.78 is 5.24. The van der Waals surface area contributed by atoms with Crippen LogP contribution in [0.5, 0.6) is 5.75 Å². The third-order valence-electron chi connectivity index (χ3n) is 4.97. The number of methoxy groups -OCH3 is 1. The van der Waals surface area contributed by atoms with E-state index < -0.39 is 0 Å². The third-order valence-corrected chi connectivity index (χ3v) is 4.97. The van der Waals surface area contributed by atoms with E-state index in [9.17, 15) is 0 Å². The molecular weight excluding hydrogens is 326 g/mol. The van der Waals surface area contributed by atoms with Crippen LogP contribution < -0.4 is 20.3 Å². The molecule has 1 aliphatic heterocycles. The van der Waals surface area contributed by atoms with Gasteiger partial charge in [-0.3, -0.25) is 9.89 Å². The highest BCUT2D eigenvalue weighted by molar-refractivity contribution is 5.80. The molecule has 0 spiro atoms. The van der Waals surface area contributed by atoms with E-state index in [1.165, 1.54) is 18.5 Å². The molecule has 0 amide bonds. The fraction of sp³-hybridized carbons (Fsp3) is 0.650. The lowest BCUT2D eigenvalue weighted by molar-refractivity contribution is 0.256. The summed E-state index contributed by atoms with van der Waals surface area (Å²) in [5.74, 6) is 1.90. The number of nitrogens with one attached hydrogen (secondary N) is 2. The van der Waals surface area contributed by atoms with Crippen LogP contribution in [0.25, 0.3) is 0 Å². The molecule has 3 rings (SSSR count). The molecule has 144 valence electrons. The maximum absolute atomic E-state index is 5.24. The van der Waals surface area contributed by atoms with Crippen molar-refractivity contribution in [2.75, 3.05) is 57.8 Å². The summed E-state index contributed by atoms with van der Waals surface area (Å²) in [7, 11) is 1.71. The highest BCUT2D eigenvalue weighted by atomic mass is 16.5. The number of piperazine rings is 1. The molecule has 1 aliphatic carbocycles. The average Bonchev–Trinajstić information content (AvgIpc) is 3.50. The zero-order valence-corrected chi connectivity index (χ0v) is 16.2. The summed E-state index contributed by atoms with van der Waals surface area (Å²) in [6.07, 6.45) is 3.68. The SMILES string of the molecule is CCNC(=NCCCN1CCN(c2ccc(OC)cc2)CC1)NC1CC1. The molecule has 0 unspecified atom stereocenters. The van der Waals surface area contributed by atoms with Gasteiger partial charge < -0.3 is 20.3 Å². The number of hydrogen-bond donors (Lipinski definition) is 2. The van der Waals surface area contributed by atoms with Crippen LogP contribution in [0.15, 0.2) is 29.3 Å². The van der Waals surface area contributed by atoms with E-state index in [4.69, 9.17) is 9.73 Å². The molecule has 0 bridgehead atoms. The minimum atomic E-state index is 0.652. The largest absolute Gasteiger partial charge is 0.497 e. The Kier molecular flexibility index (Phi) is 7.00. The van der Waals surface area contributed by atoms with E-state index in [1.54, 1.807) is 7.11 Å². The van der Waals surface area contributed by atoms with Crippen molar-refractivity contribution in [3.05, 3.63) is 24.3 Å². The van der Waals surface area contributed by atoms with E-state index >= 15 is 0 Å². The first-order valence-electron chi connectivity index (χ1n) is 9.94. The van der Waals surface area contributed by atoms with Crippen LogP contribution >= 0.6 is 0 Å². The Hall–Kier alpha value is -1.95. The maximum Gasteiger partial charge on any atom is 0.191 e. The molecule has 0 aromatic heterocycles. The van der Waals surface area contributed by atoms with Crippen molar-refractivity contribution in [2.45, 2.75) is 32.2 Å². The van der Waals surface area contributed by atoms with Gasteiger partial charge in [0.1, 0.15) is 5.75 Å². The molecule has 26 heavy (non-hydrogen) atoms. The van der Waals surface area contributed by atoms with Crippen molar-refractivity contribution in [1.29, 1.82) is 0 Å². The molecule has 1 heterocycles. The van der Waals surface area contributed by atoms with Crippen LogP contribution in [0, 0.1) is 0 Å². The highest BCUT2D eigenvalue weighted by Gasteiger charge is 2.22. The van der Waals surface area contributed by atoms with Crippen LogP contribution in [0.3, 0.4) is 0 Å². The minimum Gasteiger partial charge on any atom is -0.497 e. The van der Waals surface area contributed by atoms with Crippen molar-refractivity contribution in [1.82, 2.24) is 15.5 Å². The summed E-state index contributed by atoms with van der Waals surface area (Å²) in [6.45, 7) is 9.47. The number of benzene rings is 1. The Morgan fingerprint density at radius 1 is 1.15 bits per heavy atom. The Morgan fingerprint density at radius 3 is 2.50 bits per heavy atom. The number of hydrogen-bond acceptors (Lipinski definition) is 4. The standard InChI is InChI=1S/C20H33N5O/c1-3-21-20(23-17-5-6-17)22-11-4-12-24-13-15-25(16-14-24)18-7-9-19(26-2)10-8-18/h7-10,17H,3-6,11-16H2,1-2H3,(H2,21,22,23). The molecule has 2 N–H and O–H groups in total. The van der Waals surface area contributed by atoms with Crippen molar-refractivity contribution >= 4 is 11.6 Å². The molecule has 2 aliphatic rings. The fourth-order valence-corrected chi connectivity index (χ4v) is 3.25. The molecule has 1 aromatic rings. The molecule has 0 atom stereocenters. The van der Waals surface area contributed by atoms with Gasteiger partial charge in [-0.25, -0.2) is 0 Å². The van der Waals surface area contributed by atoms with Gasteiger partial charge in [-0.2, -0.15) is 0 Å². The zero-order chi connectivity index (χ0) is 18.2. The summed E-state index contributed by atoms with van der Waals surface area (Å²) in [6, 6.07) is 9.03. The lowest BCUT2D eigenvalue weighted by atomic mass is 10.2. The van der Waals surface area contributed by atoms with Crippen molar-refractivity contribution in [3.63, 3.8) is 0 Å². The Balaban J connectivity index is 1.35. The normalized spacial score (nSPS) is 18.7. The van der Waals surface area contributed by atoms with E-state index in [2.05, 4.69) is 39.5 Å². The van der Waals surface area contributed by atoms with Crippen LogP contribution in [0.2, 0.25) is 0 Å². The second-order valence-electron chi connectivity index (χ2n) is 7.06. The molecule has 6 nitrogen and oxygen atoms in total. The van der Waals surface area contributed by atoms with E-state index in [-0.39, 0.29) is 0 Å².